The lowest BCUT2D eigenvalue weighted by Crippen LogP contribution is -2.37. The molecule has 0 aromatic carbocycles. The van der Waals surface area contributed by atoms with Crippen LogP contribution in [-0.4, -0.2) is 37.4 Å². The molecule has 0 N–H and O–H groups in total. The van der Waals surface area contributed by atoms with Gasteiger partial charge in [0.2, 0.25) is 10.0 Å². The van der Waals surface area contributed by atoms with Gasteiger partial charge in [-0.25, -0.2) is 12.7 Å². The maximum Gasteiger partial charge on any atom is 0.214 e. The molecule has 0 saturated heterocycles. The Labute approximate surface area is 98.8 Å². The zero-order valence-electron chi connectivity index (χ0n) is 10.1. The summed E-state index contributed by atoms with van der Waals surface area (Å²) < 4.78 is 25.4. The molecular weight excluding hydrogens is 234 g/mol. The quantitative estimate of drug-likeness (QED) is 0.683. The molecule has 0 aliphatic heterocycles. The molecule has 5 heteroatoms. The molecule has 0 fully saturated rings. The van der Waals surface area contributed by atoms with E-state index in [9.17, 15) is 8.42 Å². The Kier molecular flexibility index (Phi) is 6.14. The summed E-state index contributed by atoms with van der Waals surface area (Å²) in [6.07, 6.45) is 0.707. The normalized spacial score (nSPS) is 13.5. The molecule has 92 valence electrons. The van der Waals surface area contributed by atoms with E-state index in [1.165, 1.54) is 4.31 Å². The van der Waals surface area contributed by atoms with E-state index in [1.54, 1.807) is 0 Å². The van der Waals surface area contributed by atoms with Crippen molar-refractivity contribution in [2.24, 2.45) is 5.41 Å². The van der Waals surface area contributed by atoms with Gasteiger partial charge in [-0.15, -0.1) is 11.6 Å². The lowest BCUT2D eigenvalue weighted by Gasteiger charge is -2.25. The number of hydrogen-bond acceptors (Lipinski definition) is 2. The van der Waals surface area contributed by atoms with E-state index in [-0.39, 0.29) is 11.2 Å². The van der Waals surface area contributed by atoms with Crippen LogP contribution in [0.2, 0.25) is 0 Å². The molecule has 0 saturated carbocycles. The van der Waals surface area contributed by atoms with Crippen molar-refractivity contribution in [3.63, 3.8) is 0 Å². The third-order valence-corrected chi connectivity index (χ3v) is 4.63. The smallest absolute Gasteiger partial charge is 0.212 e. The predicted octanol–water partition coefficient (Wildman–Crippen LogP) is 2.31. The van der Waals surface area contributed by atoms with Crippen LogP contribution < -0.4 is 0 Å². The highest BCUT2D eigenvalue weighted by atomic mass is 35.5. The Morgan fingerprint density at radius 1 is 1.27 bits per heavy atom. The lowest BCUT2D eigenvalue weighted by molar-refractivity contribution is 0.399. The van der Waals surface area contributed by atoms with Crippen LogP contribution >= 0.6 is 11.6 Å². The summed E-state index contributed by atoms with van der Waals surface area (Å²) in [5.41, 5.74) is -0.201. The van der Waals surface area contributed by atoms with E-state index in [1.807, 2.05) is 27.7 Å². The van der Waals surface area contributed by atoms with Crippen molar-refractivity contribution in [1.82, 2.24) is 4.31 Å². The van der Waals surface area contributed by atoms with Crippen molar-refractivity contribution >= 4 is 21.6 Å². The fourth-order valence-electron chi connectivity index (χ4n) is 1.37. The number of hydrogen-bond donors (Lipinski definition) is 0. The number of halogens is 1. The van der Waals surface area contributed by atoms with Gasteiger partial charge in [0.15, 0.2) is 0 Å². The molecule has 15 heavy (non-hydrogen) atoms. The number of rotatable bonds is 6. The Morgan fingerprint density at radius 2 is 1.80 bits per heavy atom. The van der Waals surface area contributed by atoms with Gasteiger partial charge in [-0.2, -0.15) is 0 Å². The largest absolute Gasteiger partial charge is 0.214 e. The summed E-state index contributed by atoms with van der Waals surface area (Å²) in [4.78, 5) is 0. The van der Waals surface area contributed by atoms with Crippen LogP contribution in [0.15, 0.2) is 0 Å². The third kappa shape index (κ3) is 6.38. The maximum absolute atomic E-state index is 12.0. The molecule has 0 aliphatic carbocycles. The van der Waals surface area contributed by atoms with Gasteiger partial charge >= 0.3 is 0 Å². The van der Waals surface area contributed by atoms with Crippen LogP contribution in [0.3, 0.4) is 0 Å². The van der Waals surface area contributed by atoms with Crippen LogP contribution in [0.4, 0.5) is 0 Å². The predicted molar refractivity (Wildman–Crippen MR) is 65.8 cm³/mol. The van der Waals surface area contributed by atoms with E-state index in [2.05, 4.69) is 0 Å². The van der Waals surface area contributed by atoms with Gasteiger partial charge in [-0.05, 0) is 11.8 Å². The Morgan fingerprint density at radius 3 is 2.13 bits per heavy atom. The van der Waals surface area contributed by atoms with Crippen LogP contribution in [0.1, 0.15) is 34.1 Å². The minimum atomic E-state index is -3.13. The maximum atomic E-state index is 12.0. The molecule has 0 heterocycles. The van der Waals surface area contributed by atoms with Gasteiger partial charge in [-0.1, -0.05) is 27.7 Å². The molecule has 0 atom stereocenters. The second kappa shape index (κ2) is 6.06. The summed E-state index contributed by atoms with van der Waals surface area (Å²) in [7, 11) is -3.13. The van der Waals surface area contributed by atoms with Gasteiger partial charge in [-0.3, -0.25) is 0 Å². The van der Waals surface area contributed by atoms with Gasteiger partial charge in [0.1, 0.15) is 0 Å². The molecule has 0 bridgehead atoms. The van der Waals surface area contributed by atoms with Crippen molar-refractivity contribution < 1.29 is 8.42 Å². The van der Waals surface area contributed by atoms with Crippen LogP contribution in [-0.2, 0) is 10.0 Å². The molecule has 0 aromatic rings. The van der Waals surface area contributed by atoms with Gasteiger partial charge < -0.3 is 0 Å². The standard InChI is InChI=1S/C10H22ClNO2S/c1-5-12(8-6-7-11)15(13,14)9-10(2,3)4/h5-9H2,1-4H3. The highest BCUT2D eigenvalue weighted by Gasteiger charge is 2.26. The van der Waals surface area contributed by atoms with E-state index >= 15 is 0 Å². The topological polar surface area (TPSA) is 37.4 Å². The zero-order valence-corrected chi connectivity index (χ0v) is 11.7. The Balaban J connectivity index is 4.53. The summed E-state index contributed by atoms with van der Waals surface area (Å²) in [6, 6.07) is 0. The van der Waals surface area contributed by atoms with Crippen molar-refractivity contribution in [1.29, 1.82) is 0 Å². The third-order valence-electron chi connectivity index (χ3n) is 1.90. The second-order valence-corrected chi connectivity index (χ2v) is 7.20. The molecule has 0 amide bonds. The number of sulfonamides is 1. The minimum absolute atomic E-state index is 0.191. The monoisotopic (exact) mass is 255 g/mol. The second-order valence-electron chi connectivity index (χ2n) is 4.85. The van der Waals surface area contributed by atoms with E-state index in [0.29, 0.717) is 25.4 Å². The number of alkyl halides is 1. The Bertz CT molecular complexity index is 270. The van der Waals surface area contributed by atoms with Crippen LogP contribution in [0, 0.1) is 5.41 Å². The Hall–Kier alpha value is 0.200. The van der Waals surface area contributed by atoms with Gasteiger partial charge in [0.05, 0.1) is 5.75 Å². The molecule has 0 rings (SSSR count). The van der Waals surface area contributed by atoms with Crippen molar-refractivity contribution in [3.8, 4) is 0 Å². The van der Waals surface area contributed by atoms with Crippen molar-refractivity contribution in [2.45, 2.75) is 34.1 Å². The van der Waals surface area contributed by atoms with Crippen LogP contribution in [0.5, 0.6) is 0 Å². The molecule has 0 spiro atoms. The highest BCUT2D eigenvalue weighted by Crippen LogP contribution is 2.18. The zero-order chi connectivity index (χ0) is 12.1. The molecular formula is C10H22ClNO2S. The molecule has 0 unspecified atom stereocenters. The first-order chi connectivity index (χ1) is 6.73. The van der Waals surface area contributed by atoms with Crippen LogP contribution in [0.25, 0.3) is 0 Å². The average Bonchev–Trinajstić information content (AvgIpc) is 2.00. The lowest BCUT2D eigenvalue weighted by atomic mass is 10.0. The first kappa shape index (κ1) is 15.2. The van der Waals surface area contributed by atoms with Gasteiger partial charge in [0, 0.05) is 19.0 Å². The average molecular weight is 256 g/mol. The van der Waals surface area contributed by atoms with Crippen molar-refractivity contribution in [3.05, 3.63) is 0 Å². The molecule has 0 radical (unpaired) electrons. The minimum Gasteiger partial charge on any atom is -0.212 e. The van der Waals surface area contributed by atoms with E-state index in [4.69, 9.17) is 11.6 Å². The van der Waals surface area contributed by atoms with E-state index in [0.717, 1.165) is 0 Å². The first-order valence-electron chi connectivity index (χ1n) is 5.26. The summed E-state index contributed by atoms with van der Waals surface area (Å²) >= 11 is 5.56. The summed E-state index contributed by atoms with van der Waals surface area (Å²) in [5.74, 6) is 0.692. The molecule has 0 aliphatic rings. The first-order valence-corrected chi connectivity index (χ1v) is 7.41. The highest BCUT2D eigenvalue weighted by molar-refractivity contribution is 7.89. The summed E-state index contributed by atoms with van der Waals surface area (Å²) in [5, 5.41) is 0. The SMILES string of the molecule is CCN(CCCCl)S(=O)(=O)CC(C)(C)C. The van der Waals surface area contributed by atoms with Gasteiger partial charge in [0.25, 0.3) is 0 Å². The van der Waals surface area contributed by atoms with Crippen molar-refractivity contribution in [2.75, 3.05) is 24.7 Å². The summed E-state index contributed by atoms with van der Waals surface area (Å²) in [6.45, 7) is 8.70. The van der Waals surface area contributed by atoms with E-state index < -0.39 is 10.0 Å². The number of nitrogens with zero attached hydrogens (tertiary/aromatic N) is 1. The molecule has 3 nitrogen and oxygen atoms in total. The fraction of sp³-hybridized carbons (Fsp3) is 1.00. The fourth-order valence-corrected chi connectivity index (χ4v) is 3.57. The molecule has 0 aromatic heterocycles.